The van der Waals surface area contributed by atoms with Gasteiger partial charge in [0.1, 0.15) is 41.6 Å². The second-order valence-corrected chi connectivity index (χ2v) is 4.96. The molecule has 1 unspecified atom stereocenters. The van der Waals surface area contributed by atoms with E-state index in [1.54, 1.807) is 24.3 Å². The molecule has 0 fully saturated rings. The van der Waals surface area contributed by atoms with Crippen molar-refractivity contribution in [3.8, 4) is 17.2 Å². The van der Waals surface area contributed by atoms with E-state index in [1.165, 1.54) is 0 Å². The Labute approximate surface area is 137 Å². The molecule has 7 heteroatoms. The molecule has 2 aromatic carbocycles. The Hall–Kier alpha value is -2.83. The van der Waals surface area contributed by atoms with E-state index in [4.69, 9.17) is 19.9 Å². The van der Waals surface area contributed by atoms with E-state index in [2.05, 4.69) is 0 Å². The minimum absolute atomic E-state index is 0.0575. The highest BCUT2D eigenvalue weighted by molar-refractivity contribution is 5.64. The molecule has 2 rings (SSSR count). The number of carbonyl (C=O) groups excluding carboxylic acids is 1. The Bertz CT molecular complexity index is 671. The van der Waals surface area contributed by atoms with Gasteiger partial charge >= 0.3 is 6.09 Å². The topological polar surface area (TPSA) is 70.8 Å². The van der Waals surface area contributed by atoms with Crippen molar-refractivity contribution >= 4 is 6.09 Å². The van der Waals surface area contributed by atoms with Crippen LogP contribution in [0.4, 0.5) is 13.6 Å². The van der Waals surface area contributed by atoms with Gasteiger partial charge in [-0.3, -0.25) is 0 Å². The summed E-state index contributed by atoms with van der Waals surface area (Å²) in [6.07, 6.45) is -0.722. The van der Waals surface area contributed by atoms with Crippen molar-refractivity contribution in [1.29, 1.82) is 0 Å². The number of carbonyl (C=O) groups is 1. The Morgan fingerprint density at radius 1 is 1.04 bits per heavy atom. The van der Waals surface area contributed by atoms with E-state index in [9.17, 15) is 13.6 Å². The number of benzene rings is 2. The summed E-state index contributed by atoms with van der Waals surface area (Å²) in [4.78, 5) is 10.7. The number of nitrogens with two attached hydrogens (primary N) is 1. The first-order valence-corrected chi connectivity index (χ1v) is 7.29. The monoisotopic (exact) mass is 337 g/mol. The number of hydrogen-bond acceptors (Lipinski definition) is 4. The van der Waals surface area contributed by atoms with Crippen molar-refractivity contribution in [3.05, 3.63) is 54.1 Å². The molecule has 24 heavy (non-hydrogen) atoms. The van der Waals surface area contributed by atoms with Crippen LogP contribution in [-0.2, 0) is 4.74 Å². The van der Waals surface area contributed by atoms with Gasteiger partial charge in [-0.15, -0.1) is 0 Å². The van der Waals surface area contributed by atoms with Gasteiger partial charge in [0.15, 0.2) is 0 Å². The first-order valence-electron chi connectivity index (χ1n) is 7.29. The van der Waals surface area contributed by atoms with Gasteiger partial charge in [-0.25, -0.2) is 13.6 Å². The lowest BCUT2D eigenvalue weighted by atomic mass is 10.3. The number of primary amides is 1. The molecule has 5 nitrogen and oxygen atoms in total. The summed E-state index contributed by atoms with van der Waals surface area (Å²) >= 11 is 0. The van der Waals surface area contributed by atoms with Crippen LogP contribution in [0.3, 0.4) is 0 Å². The molecule has 128 valence electrons. The van der Waals surface area contributed by atoms with Crippen molar-refractivity contribution in [2.75, 3.05) is 6.61 Å². The summed E-state index contributed by atoms with van der Waals surface area (Å²) in [5.74, 6) is -0.454. The molecule has 0 saturated heterocycles. The first kappa shape index (κ1) is 17.5. The third-order valence-corrected chi connectivity index (χ3v) is 3.07. The number of halogens is 2. The summed E-state index contributed by atoms with van der Waals surface area (Å²) in [7, 11) is 0. The Morgan fingerprint density at radius 2 is 1.62 bits per heavy atom. The molecule has 2 aromatic rings. The minimum Gasteiger partial charge on any atom is -0.490 e. The molecule has 1 atom stereocenters. The quantitative estimate of drug-likeness (QED) is 0.829. The molecule has 1 amide bonds. The lowest BCUT2D eigenvalue weighted by Crippen LogP contribution is -2.27. The number of ether oxygens (including phenoxy) is 3. The highest BCUT2D eigenvalue weighted by Crippen LogP contribution is 2.25. The molecule has 0 aliphatic carbocycles. The van der Waals surface area contributed by atoms with Crippen LogP contribution in [0, 0.1) is 11.6 Å². The molecule has 0 aliphatic rings. The third kappa shape index (κ3) is 5.42. The van der Waals surface area contributed by atoms with E-state index < -0.39 is 23.8 Å². The van der Waals surface area contributed by atoms with Gasteiger partial charge in [0, 0.05) is 18.2 Å². The number of amides is 1. The van der Waals surface area contributed by atoms with E-state index in [-0.39, 0.29) is 12.4 Å². The van der Waals surface area contributed by atoms with Gasteiger partial charge < -0.3 is 19.9 Å². The SMILES string of the molecule is CCC(COc1ccc(Oc2cc(F)cc(F)c2)cc1)OC(N)=O. The fourth-order valence-electron chi connectivity index (χ4n) is 1.92. The third-order valence-electron chi connectivity index (χ3n) is 3.07. The normalized spacial score (nSPS) is 11.6. The van der Waals surface area contributed by atoms with Crippen molar-refractivity contribution in [2.45, 2.75) is 19.4 Å². The van der Waals surface area contributed by atoms with Gasteiger partial charge in [-0.05, 0) is 30.7 Å². The van der Waals surface area contributed by atoms with E-state index in [0.29, 0.717) is 17.9 Å². The minimum atomic E-state index is -0.850. The maximum absolute atomic E-state index is 13.1. The maximum Gasteiger partial charge on any atom is 0.404 e. The fourth-order valence-corrected chi connectivity index (χ4v) is 1.92. The van der Waals surface area contributed by atoms with E-state index in [1.807, 2.05) is 6.92 Å². The molecule has 0 radical (unpaired) electrons. The summed E-state index contributed by atoms with van der Waals surface area (Å²) < 4.78 is 42.0. The van der Waals surface area contributed by atoms with Crippen LogP contribution in [0.25, 0.3) is 0 Å². The number of hydrogen-bond donors (Lipinski definition) is 1. The summed E-state index contributed by atoms with van der Waals surface area (Å²) in [6.45, 7) is 2.00. The first-order chi connectivity index (χ1) is 11.5. The van der Waals surface area contributed by atoms with Crippen LogP contribution < -0.4 is 15.2 Å². The van der Waals surface area contributed by atoms with Crippen LogP contribution >= 0.6 is 0 Å². The molecule has 0 bridgehead atoms. The van der Waals surface area contributed by atoms with Crippen molar-refractivity contribution in [1.82, 2.24) is 0 Å². The molecule has 0 aromatic heterocycles. The summed E-state index contributed by atoms with van der Waals surface area (Å²) in [5.41, 5.74) is 4.97. The van der Waals surface area contributed by atoms with Crippen LogP contribution in [0.5, 0.6) is 17.2 Å². The zero-order chi connectivity index (χ0) is 17.5. The van der Waals surface area contributed by atoms with Crippen LogP contribution in [-0.4, -0.2) is 18.8 Å². The molecule has 0 saturated carbocycles. The van der Waals surface area contributed by atoms with Crippen molar-refractivity contribution in [3.63, 3.8) is 0 Å². The van der Waals surface area contributed by atoms with E-state index in [0.717, 1.165) is 18.2 Å². The van der Waals surface area contributed by atoms with Gasteiger partial charge in [-0.1, -0.05) is 6.92 Å². The Kier molecular flexibility index (Phi) is 5.95. The van der Waals surface area contributed by atoms with Gasteiger partial charge in [0.05, 0.1) is 0 Å². The smallest absolute Gasteiger partial charge is 0.404 e. The van der Waals surface area contributed by atoms with Crippen LogP contribution in [0.2, 0.25) is 0 Å². The molecular weight excluding hydrogens is 320 g/mol. The van der Waals surface area contributed by atoms with Crippen molar-refractivity contribution in [2.24, 2.45) is 5.73 Å². The zero-order valence-corrected chi connectivity index (χ0v) is 13.0. The summed E-state index contributed by atoms with van der Waals surface area (Å²) in [6, 6.07) is 9.37. The second-order valence-electron chi connectivity index (χ2n) is 4.96. The second kappa shape index (κ2) is 8.14. The van der Waals surface area contributed by atoms with E-state index >= 15 is 0 Å². The molecular formula is C17H17F2NO4. The lowest BCUT2D eigenvalue weighted by Gasteiger charge is -2.15. The van der Waals surface area contributed by atoms with Gasteiger partial charge in [-0.2, -0.15) is 0 Å². The van der Waals surface area contributed by atoms with Gasteiger partial charge in [0.2, 0.25) is 0 Å². The Morgan fingerprint density at radius 3 is 2.17 bits per heavy atom. The Balaban J connectivity index is 1.94. The average Bonchev–Trinajstić information content (AvgIpc) is 2.51. The maximum atomic E-state index is 13.1. The highest BCUT2D eigenvalue weighted by atomic mass is 19.1. The standard InChI is InChI=1S/C17H17F2NO4/c1-2-13(24-17(20)21)10-22-14-3-5-15(6-4-14)23-16-8-11(18)7-12(19)9-16/h3-9,13H,2,10H2,1H3,(H2,20,21). The van der Waals surface area contributed by atoms with Gasteiger partial charge in [0.25, 0.3) is 0 Å². The molecule has 0 spiro atoms. The highest BCUT2D eigenvalue weighted by Gasteiger charge is 2.11. The lowest BCUT2D eigenvalue weighted by molar-refractivity contribution is 0.0694. The molecule has 0 heterocycles. The average molecular weight is 337 g/mol. The zero-order valence-electron chi connectivity index (χ0n) is 13.0. The predicted octanol–water partition coefficient (Wildman–Crippen LogP) is 4.01. The molecule has 2 N–H and O–H groups in total. The van der Waals surface area contributed by atoms with Crippen LogP contribution in [0.1, 0.15) is 13.3 Å². The summed E-state index contributed by atoms with van der Waals surface area (Å²) in [5, 5.41) is 0. The largest absolute Gasteiger partial charge is 0.490 e. The molecule has 0 aliphatic heterocycles. The fraction of sp³-hybridized carbons (Fsp3) is 0.235. The predicted molar refractivity (Wildman–Crippen MR) is 83.1 cm³/mol. The van der Waals surface area contributed by atoms with Crippen LogP contribution in [0.15, 0.2) is 42.5 Å². The van der Waals surface area contributed by atoms with Crippen molar-refractivity contribution < 1.29 is 27.8 Å². The number of rotatable bonds is 7.